The van der Waals surface area contributed by atoms with Gasteiger partial charge in [0.2, 0.25) is 5.91 Å². The zero-order valence-corrected chi connectivity index (χ0v) is 22.0. The van der Waals surface area contributed by atoms with Gasteiger partial charge in [-0.25, -0.2) is 4.79 Å². The summed E-state index contributed by atoms with van der Waals surface area (Å²) in [5, 5.41) is 24.3. The molecule has 1 aliphatic heterocycles. The number of amides is 2. The largest absolute Gasteiger partial charge is 0.481 e. The molecule has 0 spiro atoms. The van der Waals surface area contributed by atoms with Crippen molar-refractivity contribution in [2.75, 3.05) is 5.32 Å². The average molecular weight is 532 g/mol. The van der Waals surface area contributed by atoms with E-state index in [1.807, 2.05) is 67.6 Å². The van der Waals surface area contributed by atoms with Crippen LogP contribution in [0.15, 0.2) is 78.9 Å². The Kier molecular flexibility index (Phi) is 8.96. The lowest BCUT2D eigenvalue weighted by Gasteiger charge is -2.40. The van der Waals surface area contributed by atoms with Gasteiger partial charge in [0.25, 0.3) is 0 Å². The van der Waals surface area contributed by atoms with E-state index in [4.69, 9.17) is 4.84 Å². The van der Waals surface area contributed by atoms with E-state index in [-0.39, 0.29) is 19.5 Å². The summed E-state index contributed by atoms with van der Waals surface area (Å²) >= 11 is 0. The Morgan fingerprint density at radius 1 is 1.03 bits per heavy atom. The molecule has 2 amide bonds. The molecule has 3 N–H and O–H groups in total. The number of fused-ring (bicyclic) bond motifs is 1. The molecule has 0 unspecified atom stereocenters. The van der Waals surface area contributed by atoms with Gasteiger partial charge in [-0.05, 0) is 54.7 Å². The number of nitrogens with zero attached hydrogens (tertiary/aromatic N) is 2. The molecule has 0 bridgehead atoms. The zero-order valence-electron chi connectivity index (χ0n) is 22.0. The number of rotatable bonds is 9. The maximum Gasteiger partial charge on any atom is 0.430 e. The fourth-order valence-electron chi connectivity index (χ4n) is 4.89. The number of nitrogens with one attached hydrogen (secondary N) is 1. The zero-order chi connectivity index (χ0) is 27.9. The van der Waals surface area contributed by atoms with E-state index < -0.39 is 36.2 Å². The van der Waals surface area contributed by atoms with Gasteiger partial charge in [0.15, 0.2) is 6.04 Å². The molecule has 1 heterocycles. The lowest BCUT2D eigenvalue weighted by atomic mass is 9.91. The van der Waals surface area contributed by atoms with Crippen molar-refractivity contribution in [3.63, 3.8) is 0 Å². The van der Waals surface area contributed by atoms with E-state index in [2.05, 4.69) is 5.32 Å². The number of aliphatic hydroxyl groups is 1. The molecule has 0 radical (unpaired) electrons. The summed E-state index contributed by atoms with van der Waals surface area (Å²) in [4.78, 5) is 45.9. The third-order valence-electron chi connectivity index (χ3n) is 6.71. The topological polar surface area (TPSA) is 119 Å². The first kappa shape index (κ1) is 27.8. The third kappa shape index (κ3) is 7.22. The Hall–Kier alpha value is -4.21. The first-order valence-corrected chi connectivity index (χ1v) is 12.8. The monoisotopic (exact) mass is 531 g/mol. The van der Waals surface area contributed by atoms with Gasteiger partial charge >= 0.3 is 12.1 Å². The Balaban J connectivity index is 1.64. The molecule has 0 saturated heterocycles. The molecule has 39 heavy (non-hydrogen) atoms. The number of aliphatic hydroxyl groups excluding tert-OH is 1. The summed E-state index contributed by atoms with van der Waals surface area (Å²) in [7, 11) is 0. The van der Waals surface area contributed by atoms with Crippen molar-refractivity contribution in [2.45, 2.75) is 58.0 Å². The summed E-state index contributed by atoms with van der Waals surface area (Å²) in [6, 6.07) is 22.0. The van der Waals surface area contributed by atoms with Gasteiger partial charge in [-0.15, -0.1) is 5.06 Å². The number of carboxylic acid groups (broad SMARTS) is 1. The van der Waals surface area contributed by atoms with Crippen LogP contribution in [0.1, 0.15) is 35.6 Å². The number of benzene rings is 3. The van der Waals surface area contributed by atoms with Gasteiger partial charge in [0.1, 0.15) is 0 Å². The molecular weight excluding hydrogens is 498 g/mol. The maximum atomic E-state index is 14.1. The number of aliphatic carboxylic acids is 1. The highest BCUT2D eigenvalue weighted by Crippen LogP contribution is 2.28. The standard InChI is InChI=1S/C30H33N3O6/c1-20-9-8-14-25(15-20)31-30(38)39-33(18-22-10-4-3-5-11-22)28(21(2)34)29(37)32-19-24-13-7-6-12-23(24)16-26(32)17-27(35)36/h3-15,21,26,28,34H,16-19H2,1-2H3,(H,31,38)(H,35,36)/t21-,26-,28+/m1/s1. The molecule has 0 saturated carbocycles. The quantitative estimate of drug-likeness (QED) is 0.355. The second kappa shape index (κ2) is 12.6. The van der Waals surface area contributed by atoms with Crippen LogP contribution in [-0.2, 0) is 33.9 Å². The van der Waals surface area contributed by atoms with Crippen LogP contribution >= 0.6 is 0 Å². The lowest BCUT2D eigenvalue weighted by Crippen LogP contribution is -2.57. The van der Waals surface area contributed by atoms with Gasteiger partial charge in [-0.2, -0.15) is 0 Å². The van der Waals surface area contributed by atoms with Gasteiger partial charge in [-0.3, -0.25) is 14.9 Å². The van der Waals surface area contributed by atoms with Crippen molar-refractivity contribution >= 4 is 23.7 Å². The molecule has 204 valence electrons. The van der Waals surface area contributed by atoms with Crippen LogP contribution in [0.2, 0.25) is 0 Å². The van der Waals surface area contributed by atoms with E-state index >= 15 is 0 Å². The number of hydroxylamine groups is 2. The molecule has 3 aromatic carbocycles. The molecule has 3 atom stereocenters. The lowest BCUT2D eigenvalue weighted by molar-refractivity contribution is -0.182. The van der Waals surface area contributed by atoms with Gasteiger partial charge in [0.05, 0.1) is 19.1 Å². The minimum atomic E-state index is -1.28. The Morgan fingerprint density at radius 2 is 1.72 bits per heavy atom. The molecule has 9 nitrogen and oxygen atoms in total. The highest BCUT2D eigenvalue weighted by molar-refractivity contribution is 5.86. The van der Waals surface area contributed by atoms with Gasteiger partial charge in [0, 0.05) is 18.3 Å². The van der Waals surface area contributed by atoms with Gasteiger partial charge in [-0.1, -0.05) is 66.7 Å². The van der Waals surface area contributed by atoms with Crippen LogP contribution < -0.4 is 5.32 Å². The Bertz CT molecular complexity index is 1310. The second-order valence-electron chi connectivity index (χ2n) is 9.81. The Morgan fingerprint density at radius 3 is 2.38 bits per heavy atom. The van der Waals surface area contributed by atoms with E-state index in [0.717, 1.165) is 22.3 Å². The molecule has 0 fully saturated rings. The highest BCUT2D eigenvalue weighted by atomic mass is 16.7. The summed E-state index contributed by atoms with van der Waals surface area (Å²) < 4.78 is 0. The van der Waals surface area contributed by atoms with Crippen LogP contribution in [0, 0.1) is 6.92 Å². The third-order valence-corrected chi connectivity index (χ3v) is 6.71. The van der Waals surface area contributed by atoms with E-state index in [9.17, 15) is 24.6 Å². The van der Waals surface area contributed by atoms with E-state index in [0.29, 0.717) is 12.1 Å². The molecule has 4 rings (SSSR count). The van der Waals surface area contributed by atoms with Crippen LogP contribution in [-0.4, -0.2) is 56.3 Å². The molecule has 1 aliphatic rings. The fraction of sp³-hybridized carbons (Fsp3) is 0.300. The molecule has 0 aliphatic carbocycles. The summed E-state index contributed by atoms with van der Waals surface area (Å²) in [6.45, 7) is 3.55. The maximum absolute atomic E-state index is 14.1. The van der Waals surface area contributed by atoms with Crippen LogP contribution in [0.4, 0.5) is 10.5 Å². The van der Waals surface area contributed by atoms with Crippen molar-refractivity contribution < 1.29 is 29.4 Å². The normalized spacial score (nSPS) is 16.2. The van der Waals surface area contributed by atoms with Crippen LogP contribution in [0.3, 0.4) is 0 Å². The molecular formula is C30H33N3O6. The number of anilines is 1. The number of aryl methyl sites for hydroxylation is 1. The van der Waals surface area contributed by atoms with E-state index in [1.165, 1.54) is 16.9 Å². The summed E-state index contributed by atoms with van der Waals surface area (Å²) in [5.74, 6) is -1.55. The van der Waals surface area contributed by atoms with Crippen molar-refractivity contribution in [1.29, 1.82) is 0 Å². The average Bonchev–Trinajstić information content (AvgIpc) is 2.88. The first-order valence-electron chi connectivity index (χ1n) is 12.8. The highest BCUT2D eigenvalue weighted by Gasteiger charge is 2.41. The van der Waals surface area contributed by atoms with E-state index in [1.54, 1.807) is 18.2 Å². The second-order valence-corrected chi connectivity index (χ2v) is 9.81. The minimum Gasteiger partial charge on any atom is -0.481 e. The summed E-state index contributed by atoms with van der Waals surface area (Å²) in [5.41, 5.74) is 4.11. The SMILES string of the molecule is Cc1cccc(NC(=O)ON(Cc2ccccc2)[C@H](C(=O)N2Cc3ccccc3C[C@@H]2CC(=O)O)[C@@H](C)O)c1. The van der Waals surface area contributed by atoms with Crippen molar-refractivity contribution in [1.82, 2.24) is 9.96 Å². The minimum absolute atomic E-state index is 0.0252. The van der Waals surface area contributed by atoms with Gasteiger partial charge < -0.3 is 20.0 Å². The summed E-state index contributed by atoms with van der Waals surface area (Å²) in [6.07, 6.45) is -1.94. The predicted molar refractivity (Wildman–Crippen MR) is 145 cm³/mol. The smallest absolute Gasteiger partial charge is 0.430 e. The number of hydrogen-bond donors (Lipinski definition) is 3. The number of carbonyl (C=O) groups is 3. The van der Waals surface area contributed by atoms with Crippen molar-refractivity contribution in [2.24, 2.45) is 0 Å². The number of hydrogen-bond acceptors (Lipinski definition) is 6. The first-order chi connectivity index (χ1) is 18.7. The molecule has 0 aromatic heterocycles. The number of carbonyl (C=O) groups excluding carboxylic acids is 2. The van der Waals surface area contributed by atoms with Crippen molar-refractivity contribution in [3.8, 4) is 0 Å². The van der Waals surface area contributed by atoms with Crippen molar-refractivity contribution in [3.05, 3.63) is 101 Å². The molecule has 9 heteroatoms. The fourth-order valence-corrected chi connectivity index (χ4v) is 4.89. The predicted octanol–water partition coefficient (Wildman–Crippen LogP) is 4.14. The Labute approximate surface area is 227 Å². The van der Waals surface area contributed by atoms with Crippen LogP contribution in [0.25, 0.3) is 0 Å². The molecule has 3 aromatic rings. The number of carboxylic acids is 1. The van der Waals surface area contributed by atoms with Crippen LogP contribution in [0.5, 0.6) is 0 Å².